The molecular formula is C10H13F3N6O. The number of hydrogen-bond donors (Lipinski definition) is 4. The summed E-state index contributed by atoms with van der Waals surface area (Å²) < 4.78 is 37.8. The molecule has 2 heterocycles. The molecule has 110 valence electrons. The number of carbonyl (C=O) groups is 1. The first-order chi connectivity index (χ1) is 9.38. The first kappa shape index (κ1) is 14.3. The lowest BCUT2D eigenvalue weighted by Gasteiger charge is -2.14. The van der Waals surface area contributed by atoms with Gasteiger partial charge >= 0.3 is 6.18 Å². The van der Waals surface area contributed by atoms with Crippen molar-refractivity contribution in [1.82, 2.24) is 15.3 Å². The average molecular weight is 290 g/mol. The van der Waals surface area contributed by atoms with Gasteiger partial charge in [-0.15, -0.1) is 0 Å². The molecule has 0 radical (unpaired) electrons. The Kier molecular flexibility index (Phi) is 3.93. The normalized spacial score (nSPS) is 18.8. The quantitative estimate of drug-likeness (QED) is 0.474. The Morgan fingerprint density at radius 2 is 2.10 bits per heavy atom. The van der Waals surface area contributed by atoms with Crippen molar-refractivity contribution in [3.8, 4) is 0 Å². The molecule has 1 atom stereocenters. The molecule has 0 aromatic carbocycles. The standard InChI is InChI=1S/C10H13F3N6O/c11-10(12,13)9-17-6(3-7(18-9)19-14)15-4-5-1-2-8(20)16-5/h3,5H,1-2,4,14H2,(H,16,20)(H2,15,17,18,19). The zero-order valence-corrected chi connectivity index (χ0v) is 10.3. The molecule has 5 N–H and O–H groups in total. The Hall–Kier alpha value is -2.10. The van der Waals surface area contributed by atoms with Crippen molar-refractivity contribution in [1.29, 1.82) is 0 Å². The first-order valence-electron chi connectivity index (χ1n) is 5.84. The van der Waals surface area contributed by atoms with Crippen molar-refractivity contribution >= 4 is 17.5 Å². The van der Waals surface area contributed by atoms with Gasteiger partial charge < -0.3 is 16.1 Å². The van der Waals surface area contributed by atoms with Crippen LogP contribution in [0, 0.1) is 0 Å². The molecule has 1 fully saturated rings. The summed E-state index contributed by atoms with van der Waals surface area (Å²) in [6, 6.07) is 1.13. The lowest BCUT2D eigenvalue weighted by Crippen LogP contribution is -2.32. The van der Waals surface area contributed by atoms with Crippen molar-refractivity contribution in [3.63, 3.8) is 0 Å². The van der Waals surface area contributed by atoms with Crippen LogP contribution < -0.4 is 21.9 Å². The number of hydrazine groups is 1. The van der Waals surface area contributed by atoms with E-state index in [9.17, 15) is 18.0 Å². The molecule has 0 aliphatic carbocycles. The van der Waals surface area contributed by atoms with Crippen molar-refractivity contribution in [3.05, 3.63) is 11.9 Å². The predicted molar refractivity (Wildman–Crippen MR) is 64.5 cm³/mol. The van der Waals surface area contributed by atoms with Crippen LogP contribution in [0.4, 0.5) is 24.8 Å². The van der Waals surface area contributed by atoms with Gasteiger partial charge in [-0.05, 0) is 6.42 Å². The van der Waals surface area contributed by atoms with Gasteiger partial charge in [0.2, 0.25) is 11.7 Å². The number of nitrogens with zero attached hydrogens (tertiary/aromatic N) is 2. The van der Waals surface area contributed by atoms with E-state index in [1.807, 2.05) is 0 Å². The zero-order valence-electron chi connectivity index (χ0n) is 10.3. The molecule has 0 saturated carbocycles. The summed E-state index contributed by atoms with van der Waals surface area (Å²) in [5.41, 5.74) is 2.05. The van der Waals surface area contributed by atoms with E-state index in [2.05, 4.69) is 26.0 Å². The molecule has 2 rings (SSSR count). The van der Waals surface area contributed by atoms with Gasteiger partial charge in [0.25, 0.3) is 0 Å². The van der Waals surface area contributed by atoms with Crippen molar-refractivity contribution in [2.75, 3.05) is 17.3 Å². The van der Waals surface area contributed by atoms with Gasteiger partial charge in [-0.25, -0.2) is 15.8 Å². The van der Waals surface area contributed by atoms with Crippen molar-refractivity contribution in [2.45, 2.75) is 25.1 Å². The lowest BCUT2D eigenvalue weighted by atomic mass is 10.2. The van der Waals surface area contributed by atoms with Crippen molar-refractivity contribution < 1.29 is 18.0 Å². The summed E-state index contributed by atoms with van der Waals surface area (Å²) in [6.45, 7) is 0.282. The topological polar surface area (TPSA) is 105 Å². The van der Waals surface area contributed by atoms with Crippen LogP contribution in [0.15, 0.2) is 6.07 Å². The maximum absolute atomic E-state index is 12.6. The van der Waals surface area contributed by atoms with Crippen LogP contribution in [0.1, 0.15) is 18.7 Å². The Balaban J connectivity index is 2.08. The SMILES string of the molecule is NNc1cc(NCC2CCC(=O)N2)nc(C(F)(F)F)n1. The summed E-state index contributed by atoms with van der Waals surface area (Å²) in [5.74, 6) is 3.56. The predicted octanol–water partition coefficient (Wildman–Crippen LogP) is 0.471. The summed E-state index contributed by atoms with van der Waals surface area (Å²) >= 11 is 0. The third-order valence-corrected chi connectivity index (χ3v) is 2.74. The molecule has 1 aromatic heterocycles. The third kappa shape index (κ3) is 3.47. The number of rotatable bonds is 4. The van der Waals surface area contributed by atoms with Gasteiger partial charge in [0.1, 0.15) is 11.6 Å². The zero-order chi connectivity index (χ0) is 14.8. The average Bonchev–Trinajstić information content (AvgIpc) is 2.81. The van der Waals surface area contributed by atoms with E-state index >= 15 is 0 Å². The number of nitrogens with two attached hydrogens (primary N) is 1. The molecule has 1 saturated heterocycles. The molecule has 0 bridgehead atoms. The molecule has 10 heteroatoms. The maximum Gasteiger partial charge on any atom is 0.451 e. The number of nitrogen functional groups attached to an aromatic ring is 1. The van der Waals surface area contributed by atoms with E-state index in [0.717, 1.165) is 0 Å². The van der Waals surface area contributed by atoms with Crippen LogP contribution in [0.5, 0.6) is 0 Å². The van der Waals surface area contributed by atoms with E-state index < -0.39 is 12.0 Å². The van der Waals surface area contributed by atoms with Crippen LogP contribution >= 0.6 is 0 Å². The van der Waals surface area contributed by atoms with E-state index in [4.69, 9.17) is 5.84 Å². The highest BCUT2D eigenvalue weighted by atomic mass is 19.4. The fourth-order valence-electron chi connectivity index (χ4n) is 1.80. The number of aromatic nitrogens is 2. The van der Waals surface area contributed by atoms with Gasteiger partial charge in [-0.3, -0.25) is 4.79 Å². The minimum atomic E-state index is -4.66. The van der Waals surface area contributed by atoms with Crippen LogP contribution in [0.25, 0.3) is 0 Å². The Morgan fingerprint density at radius 3 is 2.65 bits per heavy atom. The van der Waals surface area contributed by atoms with E-state index in [1.165, 1.54) is 6.07 Å². The molecule has 1 amide bonds. The number of nitrogens with one attached hydrogen (secondary N) is 3. The Morgan fingerprint density at radius 1 is 1.40 bits per heavy atom. The van der Waals surface area contributed by atoms with Crippen LogP contribution in [0.2, 0.25) is 0 Å². The molecule has 1 unspecified atom stereocenters. The number of hydrogen-bond acceptors (Lipinski definition) is 6. The number of halogens is 3. The number of amides is 1. The van der Waals surface area contributed by atoms with Gasteiger partial charge in [0, 0.05) is 25.1 Å². The van der Waals surface area contributed by atoms with Gasteiger partial charge in [0.05, 0.1) is 0 Å². The number of anilines is 2. The molecule has 1 aliphatic heterocycles. The fourth-order valence-corrected chi connectivity index (χ4v) is 1.80. The van der Waals surface area contributed by atoms with Crippen LogP contribution in [-0.4, -0.2) is 28.5 Å². The lowest BCUT2D eigenvalue weighted by molar-refractivity contribution is -0.144. The van der Waals surface area contributed by atoms with E-state index in [0.29, 0.717) is 12.8 Å². The molecule has 20 heavy (non-hydrogen) atoms. The van der Waals surface area contributed by atoms with Crippen LogP contribution in [0.3, 0.4) is 0 Å². The minimum absolute atomic E-state index is 0.0126. The second-order valence-electron chi connectivity index (χ2n) is 4.29. The molecule has 1 aliphatic rings. The summed E-state index contributed by atoms with van der Waals surface area (Å²) in [4.78, 5) is 17.6. The Labute approximate surface area is 112 Å². The summed E-state index contributed by atoms with van der Waals surface area (Å²) in [6.07, 6.45) is -3.62. The second-order valence-corrected chi connectivity index (χ2v) is 4.29. The molecule has 1 aromatic rings. The first-order valence-corrected chi connectivity index (χ1v) is 5.84. The monoisotopic (exact) mass is 290 g/mol. The highest BCUT2D eigenvalue weighted by Gasteiger charge is 2.35. The molecular weight excluding hydrogens is 277 g/mol. The van der Waals surface area contributed by atoms with Gasteiger partial charge in [-0.2, -0.15) is 13.2 Å². The van der Waals surface area contributed by atoms with Gasteiger partial charge in [-0.1, -0.05) is 0 Å². The second kappa shape index (κ2) is 5.49. The molecule has 7 nitrogen and oxygen atoms in total. The van der Waals surface area contributed by atoms with Crippen LogP contribution in [-0.2, 0) is 11.0 Å². The molecule has 0 spiro atoms. The Bertz CT molecular complexity index is 506. The smallest absolute Gasteiger partial charge is 0.368 e. The summed E-state index contributed by atoms with van der Waals surface area (Å²) in [7, 11) is 0. The minimum Gasteiger partial charge on any atom is -0.368 e. The summed E-state index contributed by atoms with van der Waals surface area (Å²) in [5, 5.41) is 5.42. The largest absolute Gasteiger partial charge is 0.451 e. The third-order valence-electron chi connectivity index (χ3n) is 2.74. The van der Waals surface area contributed by atoms with Gasteiger partial charge in [0.15, 0.2) is 0 Å². The van der Waals surface area contributed by atoms with Crippen molar-refractivity contribution in [2.24, 2.45) is 5.84 Å². The fraction of sp³-hybridized carbons (Fsp3) is 0.500. The number of carbonyl (C=O) groups excluding carboxylic acids is 1. The highest BCUT2D eigenvalue weighted by molar-refractivity contribution is 5.78. The van der Waals surface area contributed by atoms with E-state index in [-0.39, 0.29) is 30.1 Å². The highest BCUT2D eigenvalue weighted by Crippen LogP contribution is 2.28. The number of alkyl halides is 3. The maximum atomic E-state index is 12.6. The van der Waals surface area contributed by atoms with E-state index in [1.54, 1.807) is 0 Å².